The van der Waals surface area contributed by atoms with Gasteiger partial charge in [-0.2, -0.15) is 0 Å². The van der Waals surface area contributed by atoms with Crippen molar-refractivity contribution in [1.82, 2.24) is 0 Å². The van der Waals surface area contributed by atoms with Gasteiger partial charge in [-0.1, -0.05) is 35.4 Å². The van der Waals surface area contributed by atoms with Crippen LogP contribution in [-0.2, 0) is 13.7 Å². The maximum absolute atomic E-state index is 12.3. The summed E-state index contributed by atoms with van der Waals surface area (Å²) in [5.74, 6) is 0. The Kier molecular flexibility index (Phi) is 8.69. The van der Waals surface area contributed by atoms with Crippen LogP contribution in [0.1, 0.15) is 16.7 Å². The second-order valence-electron chi connectivity index (χ2n) is 6.07. The van der Waals surface area contributed by atoms with Gasteiger partial charge in [-0.05, 0) is 43.5 Å². The Morgan fingerprint density at radius 3 is 1.64 bits per heavy atom. The predicted molar refractivity (Wildman–Crippen MR) is 108 cm³/mol. The second-order valence-corrected chi connectivity index (χ2v) is 10.0. The zero-order chi connectivity index (χ0) is 21.9. The summed E-state index contributed by atoms with van der Waals surface area (Å²) in [4.78, 5) is 51.4. The van der Waals surface area contributed by atoms with E-state index in [9.17, 15) is 23.8 Å². The van der Waals surface area contributed by atoms with E-state index in [2.05, 4.69) is 4.52 Å². The van der Waals surface area contributed by atoms with Gasteiger partial charge in [0.15, 0.2) is 0 Å². The van der Waals surface area contributed by atoms with Gasteiger partial charge in [0.25, 0.3) is 0 Å². The van der Waals surface area contributed by atoms with Gasteiger partial charge in [0.1, 0.15) is 0 Å². The summed E-state index contributed by atoms with van der Waals surface area (Å²) in [7, 11) is -10.8. The Hall–Kier alpha value is -0.950. The van der Waals surface area contributed by atoms with Crippen molar-refractivity contribution in [2.45, 2.75) is 20.8 Å². The molecule has 0 amide bonds. The first-order valence-corrected chi connectivity index (χ1v) is 12.1. The van der Waals surface area contributed by atoms with Crippen molar-refractivity contribution in [3.8, 4) is 11.1 Å². The fourth-order valence-electron chi connectivity index (χ4n) is 2.73. The van der Waals surface area contributed by atoms with Crippen molar-refractivity contribution in [2.75, 3.05) is 7.11 Å². The van der Waals surface area contributed by atoms with Crippen molar-refractivity contribution in [2.24, 2.45) is 0 Å². The largest absolute Gasteiger partial charge is 0.359 e. The topological polar surface area (TPSA) is 165 Å². The molecule has 1 atom stereocenters. The van der Waals surface area contributed by atoms with Crippen LogP contribution in [0.2, 0.25) is 0 Å². The van der Waals surface area contributed by atoms with Crippen LogP contribution in [0.3, 0.4) is 0 Å². The highest BCUT2D eigenvalue weighted by atomic mass is 31.2. The number of hydrogen-bond donors (Lipinski definition) is 6. The van der Waals surface area contributed by atoms with Crippen LogP contribution in [-0.4, -0.2) is 36.5 Å². The molecule has 12 heteroatoms. The molecule has 2 aromatic rings. The van der Waals surface area contributed by atoms with Gasteiger partial charge >= 0.3 is 23.8 Å². The molecule has 9 nitrogen and oxygen atoms in total. The Labute approximate surface area is 164 Å². The smallest absolute Gasteiger partial charge is 0.328 e. The van der Waals surface area contributed by atoms with Gasteiger partial charge in [-0.25, -0.2) is 0 Å². The van der Waals surface area contributed by atoms with Gasteiger partial charge in [-0.15, -0.1) is 0 Å². The zero-order valence-corrected chi connectivity index (χ0v) is 18.3. The molecule has 156 valence electrons. The van der Waals surface area contributed by atoms with Gasteiger partial charge < -0.3 is 33.9 Å². The third kappa shape index (κ3) is 6.83. The Balaban J connectivity index is 0.000000892. The lowest BCUT2D eigenvalue weighted by Crippen LogP contribution is -2.28. The van der Waals surface area contributed by atoms with Crippen molar-refractivity contribution < 1.29 is 43.0 Å². The fourth-order valence-corrected chi connectivity index (χ4v) is 5.32. The van der Waals surface area contributed by atoms with Crippen LogP contribution < -0.4 is 10.6 Å². The van der Waals surface area contributed by atoms with E-state index >= 15 is 0 Å². The summed E-state index contributed by atoms with van der Waals surface area (Å²) in [6, 6.07) is 8.37. The number of benzene rings is 2. The fraction of sp³-hybridized carbons (Fsp3) is 0.250. The lowest BCUT2D eigenvalue weighted by atomic mass is 9.99. The standard InChI is InChI=1S/C16H20O6P2.H3O3P/c1-10-5-11(2)7-13(6-10)14-8-12(3)9-15(24(20,21)22-4)16(14)23(17,18)19;1-4(2)3/h5-9H,1-4H3,(H,20,21)(H2,17,18,19);1-3H. The normalized spacial score (nSPS) is 13.7. The van der Waals surface area contributed by atoms with Crippen LogP contribution in [0.25, 0.3) is 11.1 Å². The maximum atomic E-state index is 12.3. The van der Waals surface area contributed by atoms with E-state index in [1.165, 1.54) is 6.07 Å². The van der Waals surface area contributed by atoms with E-state index in [-0.39, 0.29) is 10.9 Å². The molecule has 0 fully saturated rings. The number of aryl methyl sites for hydroxylation is 3. The summed E-state index contributed by atoms with van der Waals surface area (Å²) in [5.41, 5.74) is 3.25. The summed E-state index contributed by atoms with van der Waals surface area (Å²) in [5, 5.41) is -0.835. The molecule has 0 spiro atoms. The van der Waals surface area contributed by atoms with E-state index in [0.717, 1.165) is 18.2 Å². The average molecular weight is 452 g/mol. The van der Waals surface area contributed by atoms with E-state index in [1.54, 1.807) is 25.1 Å². The number of rotatable bonds is 4. The Morgan fingerprint density at radius 1 is 0.821 bits per heavy atom. The zero-order valence-electron chi connectivity index (χ0n) is 15.6. The van der Waals surface area contributed by atoms with Crippen LogP contribution in [0, 0.1) is 20.8 Å². The number of hydrogen-bond acceptors (Lipinski definition) is 6. The molecule has 6 N–H and O–H groups in total. The second kappa shape index (κ2) is 9.70. The quantitative estimate of drug-likeness (QED) is 0.379. The lowest BCUT2D eigenvalue weighted by molar-refractivity contribution is 0.327. The third-order valence-electron chi connectivity index (χ3n) is 3.61. The summed E-state index contributed by atoms with van der Waals surface area (Å²) < 4.78 is 29.0. The third-order valence-corrected chi connectivity index (χ3v) is 6.31. The van der Waals surface area contributed by atoms with Crippen molar-refractivity contribution >= 4 is 34.4 Å². The Bertz CT molecular complexity index is 914. The van der Waals surface area contributed by atoms with Gasteiger partial charge in [0, 0.05) is 7.11 Å². The van der Waals surface area contributed by atoms with E-state index in [4.69, 9.17) is 14.7 Å². The monoisotopic (exact) mass is 452 g/mol. The van der Waals surface area contributed by atoms with E-state index < -0.39 is 29.1 Å². The summed E-state index contributed by atoms with van der Waals surface area (Å²) in [6.45, 7) is 5.43. The van der Waals surface area contributed by atoms with Crippen LogP contribution >= 0.6 is 23.8 Å². The highest BCUT2D eigenvalue weighted by Crippen LogP contribution is 2.46. The highest BCUT2D eigenvalue weighted by Gasteiger charge is 2.35. The van der Waals surface area contributed by atoms with Crippen molar-refractivity contribution in [1.29, 1.82) is 0 Å². The Morgan fingerprint density at radius 2 is 1.25 bits per heavy atom. The molecule has 0 aliphatic carbocycles. The molecular formula is C16H23O9P3. The first-order valence-electron chi connectivity index (χ1n) is 7.74. The van der Waals surface area contributed by atoms with Crippen molar-refractivity contribution in [3.63, 3.8) is 0 Å². The first kappa shape index (κ1) is 25.1. The predicted octanol–water partition coefficient (Wildman–Crippen LogP) is 1.73. The van der Waals surface area contributed by atoms with E-state index in [0.29, 0.717) is 11.1 Å². The van der Waals surface area contributed by atoms with Crippen LogP contribution in [0.5, 0.6) is 0 Å². The molecular weight excluding hydrogens is 429 g/mol. The van der Waals surface area contributed by atoms with E-state index in [1.807, 2.05) is 19.9 Å². The molecule has 28 heavy (non-hydrogen) atoms. The minimum absolute atomic E-state index is 0.233. The van der Waals surface area contributed by atoms with Crippen LogP contribution in [0.15, 0.2) is 30.3 Å². The van der Waals surface area contributed by atoms with Gasteiger partial charge in [0.2, 0.25) is 0 Å². The molecule has 0 saturated heterocycles. The minimum atomic E-state index is -4.83. The molecule has 0 heterocycles. The molecule has 1 unspecified atom stereocenters. The molecule has 0 aliphatic rings. The SMILES string of the molecule is COP(=O)(O)c1cc(C)cc(-c2cc(C)cc(C)c2)c1P(=O)(O)O.OP(O)O. The molecule has 0 aromatic heterocycles. The minimum Gasteiger partial charge on any atom is -0.328 e. The molecule has 2 aromatic carbocycles. The summed E-state index contributed by atoms with van der Waals surface area (Å²) in [6.07, 6.45) is 0. The van der Waals surface area contributed by atoms with Crippen LogP contribution in [0.4, 0.5) is 0 Å². The van der Waals surface area contributed by atoms with Gasteiger partial charge in [-0.3, -0.25) is 9.13 Å². The molecule has 2 rings (SSSR count). The summed E-state index contributed by atoms with van der Waals surface area (Å²) >= 11 is 0. The lowest BCUT2D eigenvalue weighted by Gasteiger charge is -2.20. The first-order chi connectivity index (χ1) is 12.7. The highest BCUT2D eigenvalue weighted by molar-refractivity contribution is 7.67. The molecule has 0 bridgehead atoms. The van der Waals surface area contributed by atoms with Gasteiger partial charge in [0.05, 0.1) is 10.6 Å². The molecule has 0 radical (unpaired) electrons. The maximum Gasteiger partial charge on any atom is 0.359 e. The molecule has 0 aliphatic heterocycles. The van der Waals surface area contributed by atoms with Crippen molar-refractivity contribution in [3.05, 3.63) is 47.0 Å². The molecule has 0 saturated carbocycles. The average Bonchev–Trinajstić information content (AvgIpc) is 2.51.